The summed E-state index contributed by atoms with van der Waals surface area (Å²) in [5.74, 6) is 0.456. The number of hydrogen-bond donors (Lipinski definition) is 1. The lowest BCUT2D eigenvalue weighted by Gasteiger charge is -2.07. The highest BCUT2D eigenvalue weighted by Crippen LogP contribution is 2.23. The molecule has 1 aromatic heterocycles. The standard InChI is InChI=1S/C13H14ClN3O2/c14-10-4-1-3-9(7-10)12-16-17-13(19-12)15-8-11-5-2-6-18-11/h1,3-4,7,11H,2,5-6,8H2,(H,15,17). The molecule has 0 aliphatic carbocycles. The van der Waals surface area contributed by atoms with Crippen LogP contribution in [0.1, 0.15) is 12.8 Å². The molecule has 1 atom stereocenters. The molecule has 0 radical (unpaired) electrons. The van der Waals surface area contributed by atoms with Crippen LogP contribution in [-0.2, 0) is 4.74 Å². The summed E-state index contributed by atoms with van der Waals surface area (Å²) in [4.78, 5) is 0. The Morgan fingerprint density at radius 2 is 2.32 bits per heavy atom. The average Bonchev–Trinajstić information content (AvgIpc) is 3.08. The maximum absolute atomic E-state index is 5.93. The number of rotatable bonds is 4. The second kappa shape index (κ2) is 5.59. The molecule has 5 nitrogen and oxygen atoms in total. The Kier molecular flexibility index (Phi) is 3.66. The van der Waals surface area contributed by atoms with Crippen molar-refractivity contribution in [3.63, 3.8) is 0 Å². The SMILES string of the molecule is Clc1cccc(-c2nnc(NCC3CCCO3)o2)c1. The molecule has 1 aromatic carbocycles. The normalized spacial score (nSPS) is 18.7. The number of ether oxygens (including phenoxy) is 1. The maximum atomic E-state index is 5.93. The minimum absolute atomic E-state index is 0.238. The molecule has 100 valence electrons. The van der Waals surface area contributed by atoms with Crippen molar-refractivity contribution in [2.24, 2.45) is 0 Å². The Balaban J connectivity index is 1.65. The highest BCUT2D eigenvalue weighted by molar-refractivity contribution is 6.30. The first-order chi connectivity index (χ1) is 9.31. The molecule has 1 saturated heterocycles. The molecule has 0 bridgehead atoms. The lowest BCUT2D eigenvalue weighted by atomic mass is 10.2. The second-order valence-corrected chi connectivity index (χ2v) is 4.88. The van der Waals surface area contributed by atoms with Crippen LogP contribution in [0.5, 0.6) is 0 Å². The Bertz CT molecular complexity index is 552. The van der Waals surface area contributed by atoms with Gasteiger partial charge in [-0.2, -0.15) is 0 Å². The Morgan fingerprint density at radius 1 is 1.37 bits per heavy atom. The highest BCUT2D eigenvalue weighted by atomic mass is 35.5. The number of nitrogens with one attached hydrogen (secondary N) is 1. The van der Waals surface area contributed by atoms with Crippen LogP contribution >= 0.6 is 11.6 Å². The Hall–Kier alpha value is -1.59. The summed E-state index contributed by atoms with van der Waals surface area (Å²) in [6.07, 6.45) is 2.42. The Labute approximate surface area is 115 Å². The summed E-state index contributed by atoms with van der Waals surface area (Å²) < 4.78 is 11.0. The van der Waals surface area contributed by atoms with E-state index in [9.17, 15) is 0 Å². The molecule has 1 aliphatic rings. The average molecular weight is 280 g/mol. The number of aromatic nitrogens is 2. The van der Waals surface area contributed by atoms with E-state index in [4.69, 9.17) is 20.8 Å². The quantitative estimate of drug-likeness (QED) is 0.932. The van der Waals surface area contributed by atoms with Crippen molar-refractivity contribution in [1.82, 2.24) is 10.2 Å². The van der Waals surface area contributed by atoms with E-state index in [1.807, 2.05) is 12.1 Å². The molecule has 2 aromatic rings. The fourth-order valence-electron chi connectivity index (χ4n) is 2.04. The third kappa shape index (κ3) is 3.05. The van der Waals surface area contributed by atoms with E-state index in [-0.39, 0.29) is 6.10 Å². The van der Waals surface area contributed by atoms with Gasteiger partial charge in [-0.25, -0.2) is 0 Å². The summed E-state index contributed by atoms with van der Waals surface area (Å²) in [5.41, 5.74) is 0.810. The summed E-state index contributed by atoms with van der Waals surface area (Å²) >= 11 is 5.93. The zero-order valence-corrected chi connectivity index (χ0v) is 11.1. The van der Waals surface area contributed by atoms with E-state index in [1.54, 1.807) is 12.1 Å². The first kappa shape index (κ1) is 12.4. The van der Waals surface area contributed by atoms with Crippen molar-refractivity contribution >= 4 is 17.6 Å². The van der Waals surface area contributed by atoms with E-state index >= 15 is 0 Å². The maximum Gasteiger partial charge on any atom is 0.315 e. The van der Waals surface area contributed by atoms with Crippen LogP contribution in [0.2, 0.25) is 5.02 Å². The van der Waals surface area contributed by atoms with Gasteiger partial charge in [0.1, 0.15) is 0 Å². The predicted molar refractivity (Wildman–Crippen MR) is 72.2 cm³/mol. The van der Waals surface area contributed by atoms with E-state index in [1.165, 1.54) is 0 Å². The number of nitrogens with zero attached hydrogens (tertiary/aromatic N) is 2. The Morgan fingerprint density at radius 3 is 3.11 bits per heavy atom. The largest absolute Gasteiger partial charge is 0.403 e. The van der Waals surface area contributed by atoms with Crippen molar-refractivity contribution in [2.45, 2.75) is 18.9 Å². The van der Waals surface area contributed by atoms with Gasteiger partial charge in [0.15, 0.2) is 0 Å². The molecular weight excluding hydrogens is 266 g/mol. The first-order valence-electron chi connectivity index (χ1n) is 6.26. The van der Waals surface area contributed by atoms with Gasteiger partial charge < -0.3 is 14.5 Å². The number of halogens is 1. The van der Waals surface area contributed by atoms with Crippen molar-refractivity contribution in [3.8, 4) is 11.5 Å². The van der Waals surface area contributed by atoms with Gasteiger partial charge in [-0.1, -0.05) is 22.8 Å². The highest BCUT2D eigenvalue weighted by Gasteiger charge is 2.16. The van der Waals surface area contributed by atoms with Gasteiger partial charge in [0, 0.05) is 23.7 Å². The summed E-state index contributed by atoms with van der Waals surface area (Å²) in [6.45, 7) is 1.53. The molecule has 2 heterocycles. The lowest BCUT2D eigenvalue weighted by molar-refractivity contribution is 0.120. The van der Waals surface area contributed by atoms with Gasteiger partial charge >= 0.3 is 6.01 Å². The van der Waals surface area contributed by atoms with Crippen molar-refractivity contribution < 1.29 is 9.15 Å². The fraction of sp³-hybridized carbons (Fsp3) is 0.385. The third-order valence-corrected chi connectivity index (χ3v) is 3.24. The monoisotopic (exact) mass is 279 g/mol. The van der Waals surface area contributed by atoms with Crippen LogP contribution in [0.3, 0.4) is 0 Å². The number of benzene rings is 1. The summed E-state index contributed by atoms with van der Waals surface area (Å²) in [7, 11) is 0. The minimum Gasteiger partial charge on any atom is -0.403 e. The van der Waals surface area contributed by atoms with Crippen LogP contribution in [0.25, 0.3) is 11.5 Å². The van der Waals surface area contributed by atoms with E-state index in [2.05, 4.69) is 15.5 Å². The van der Waals surface area contributed by atoms with Crippen molar-refractivity contribution in [3.05, 3.63) is 29.3 Å². The van der Waals surface area contributed by atoms with E-state index < -0.39 is 0 Å². The van der Waals surface area contributed by atoms with Gasteiger partial charge in [-0.15, -0.1) is 5.10 Å². The molecule has 19 heavy (non-hydrogen) atoms. The van der Waals surface area contributed by atoms with E-state index in [0.29, 0.717) is 23.5 Å². The minimum atomic E-state index is 0.238. The van der Waals surface area contributed by atoms with E-state index in [0.717, 1.165) is 25.0 Å². The van der Waals surface area contributed by atoms with Crippen LogP contribution in [-0.4, -0.2) is 29.5 Å². The smallest absolute Gasteiger partial charge is 0.315 e. The first-order valence-corrected chi connectivity index (χ1v) is 6.64. The summed E-state index contributed by atoms with van der Waals surface area (Å²) in [6, 6.07) is 7.73. The predicted octanol–water partition coefficient (Wildman–Crippen LogP) is 2.98. The molecule has 0 amide bonds. The van der Waals surface area contributed by atoms with Gasteiger partial charge in [0.25, 0.3) is 0 Å². The third-order valence-electron chi connectivity index (χ3n) is 3.00. The van der Waals surface area contributed by atoms with Gasteiger partial charge in [-0.3, -0.25) is 0 Å². The zero-order chi connectivity index (χ0) is 13.1. The molecule has 1 aliphatic heterocycles. The van der Waals surface area contributed by atoms with Crippen LogP contribution in [0.15, 0.2) is 28.7 Å². The lowest BCUT2D eigenvalue weighted by Crippen LogP contribution is -2.18. The number of hydrogen-bond acceptors (Lipinski definition) is 5. The van der Waals surface area contributed by atoms with Crippen molar-refractivity contribution in [1.29, 1.82) is 0 Å². The molecule has 6 heteroatoms. The van der Waals surface area contributed by atoms with Crippen LogP contribution in [0.4, 0.5) is 6.01 Å². The topological polar surface area (TPSA) is 60.2 Å². The second-order valence-electron chi connectivity index (χ2n) is 4.44. The molecule has 1 fully saturated rings. The van der Waals surface area contributed by atoms with Gasteiger partial charge in [0.2, 0.25) is 5.89 Å². The van der Waals surface area contributed by atoms with Crippen LogP contribution < -0.4 is 5.32 Å². The zero-order valence-electron chi connectivity index (χ0n) is 10.3. The molecular formula is C13H14ClN3O2. The molecule has 0 saturated carbocycles. The van der Waals surface area contributed by atoms with Gasteiger partial charge in [-0.05, 0) is 31.0 Å². The molecule has 0 spiro atoms. The fourth-order valence-corrected chi connectivity index (χ4v) is 2.23. The van der Waals surface area contributed by atoms with Crippen LogP contribution in [0, 0.1) is 0 Å². The molecule has 1 unspecified atom stereocenters. The molecule has 1 N–H and O–H groups in total. The summed E-state index contributed by atoms with van der Waals surface area (Å²) in [5, 5.41) is 11.7. The van der Waals surface area contributed by atoms with Crippen molar-refractivity contribution in [2.75, 3.05) is 18.5 Å². The van der Waals surface area contributed by atoms with Gasteiger partial charge in [0.05, 0.1) is 6.10 Å². The molecule has 3 rings (SSSR count). The number of anilines is 1.